The fourth-order valence-corrected chi connectivity index (χ4v) is 3.42. The third-order valence-electron chi connectivity index (χ3n) is 4.98. The van der Waals surface area contributed by atoms with Gasteiger partial charge in [-0.25, -0.2) is 0 Å². The molecule has 0 spiro atoms. The smallest absolute Gasteiger partial charge is 0.221 e. The number of carbonyl (C=O) groups excluding carboxylic acids is 1. The first kappa shape index (κ1) is 20.3. The molecule has 1 N–H and O–H groups in total. The van der Waals surface area contributed by atoms with Gasteiger partial charge in [0.2, 0.25) is 5.91 Å². The lowest BCUT2D eigenvalue weighted by molar-refractivity contribution is -0.114. The number of hydrogen-bond donors (Lipinski definition) is 1. The number of nitrogens with zero attached hydrogens (tertiary/aromatic N) is 2. The molecule has 1 atom stereocenters. The lowest BCUT2D eigenvalue weighted by Gasteiger charge is -2.30. The number of amides is 1. The average Bonchev–Trinajstić information content (AvgIpc) is 2.73. The van der Waals surface area contributed by atoms with Gasteiger partial charge in [0.05, 0.1) is 11.6 Å². The van der Waals surface area contributed by atoms with Crippen LogP contribution in [0.5, 0.6) is 0 Å². The third kappa shape index (κ3) is 5.54. The van der Waals surface area contributed by atoms with E-state index < -0.39 is 0 Å². The van der Waals surface area contributed by atoms with Gasteiger partial charge in [-0.05, 0) is 41.8 Å². The van der Waals surface area contributed by atoms with Gasteiger partial charge in [-0.2, -0.15) is 5.26 Å². The summed E-state index contributed by atoms with van der Waals surface area (Å²) in [5.74, 6) is -0.0844. The molecular formula is C25H25N3O. The Morgan fingerprint density at radius 2 is 1.72 bits per heavy atom. The zero-order chi connectivity index (χ0) is 20.6. The second-order valence-corrected chi connectivity index (χ2v) is 7.14. The summed E-state index contributed by atoms with van der Waals surface area (Å²) in [5.41, 5.74) is 4.83. The van der Waals surface area contributed by atoms with Crippen LogP contribution in [0, 0.1) is 11.3 Å². The van der Waals surface area contributed by atoms with Gasteiger partial charge >= 0.3 is 0 Å². The van der Waals surface area contributed by atoms with Crippen LogP contribution < -0.4 is 5.32 Å². The van der Waals surface area contributed by atoms with Crippen LogP contribution in [0.1, 0.15) is 42.1 Å². The molecule has 0 aromatic heterocycles. The van der Waals surface area contributed by atoms with Gasteiger partial charge in [-0.1, -0.05) is 60.7 Å². The van der Waals surface area contributed by atoms with E-state index in [4.69, 9.17) is 0 Å². The summed E-state index contributed by atoms with van der Waals surface area (Å²) in [7, 11) is 0. The summed E-state index contributed by atoms with van der Waals surface area (Å²) < 4.78 is 0. The zero-order valence-electron chi connectivity index (χ0n) is 16.8. The predicted molar refractivity (Wildman–Crippen MR) is 116 cm³/mol. The van der Waals surface area contributed by atoms with Crippen molar-refractivity contribution in [3.8, 4) is 6.07 Å². The van der Waals surface area contributed by atoms with Crippen LogP contribution in [-0.2, 0) is 17.9 Å². The highest BCUT2D eigenvalue weighted by Crippen LogP contribution is 2.27. The molecule has 0 fully saturated rings. The summed E-state index contributed by atoms with van der Waals surface area (Å²) >= 11 is 0. The number of rotatable bonds is 7. The Kier molecular flexibility index (Phi) is 6.78. The van der Waals surface area contributed by atoms with E-state index >= 15 is 0 Å². The Hall–Kier alpha value is -3.42. The van der Waals surface area contributed by atoms with Crippen LogP contribution in [0.15, 0.2) is 78.9 Å². The van der Waals surface area contributed by atoms with Crippen molar-refractivity contribution in [3.05, 3.63) is 101 Å². The topological polar surface area (TPSA) is 56.1 Å². The third-order valence-corrected chi connectivity index (χ3v) is 4.98. The van der Waals surface area contributed by atoms with Crippen molar-refractivity contribution in [1.82, 2.24) is 4.90 Å². The lowest BCUT2D eigenvalue weighted by Crippen LogP contribution is -2.26. The van der Waals surface area contributed by atoms with Gasteiger partial charge in [0.25, 0.3) is 0 Å². The first-order valence-corrected chi connectivity index (χ1v) is 9.70. The zero-order valence-corrected chi connectivity index (χ0v) is 16.8. The quantitative estimate of drug-likeness (QED) is 0.604. The molecule has 0 unspecified atom stereocenters. The Bertz CT molecular complexity index is 1010. The van der Waals surface area contributed by atoms with Crippen molar-refractivity contribution in [3.63, 3.8) is 0 Å². The van der Waals surface area contributed by atoms with Crippen molar-refractivity contribution in [2.45, 2.75) is 33.0 Å². The molecule has 3 aromatic rings. The minimum Gasteiger partial charge on any atom is -0.326 e. The second kappa shape index (κ2) is 9.68. The number of carbonyl (C=O) groups is 1. The van der Waals surface area contributed by atoms with E-state index in [0.717, 1.165) is 23.4 Å². The van der Waals surface area contributed by atoms with Crippen LogP contribution in [-0.4, -0.2) is 10.8 Å². The highest BCUT2D eigenvalue weighted by atomic mass is 16.1. The van der Waals surface area contributed by atoms with Crippen molar-refractivity contribution in [2.24, 2.45) is 0 Å². The van der Waals surface area contributed by atoms with E-state index in [9.17, 15) is 10.1 Å². The van der Waals surface area contributed by atoms with Gasteiger partial charge in [0, 0.05) is 31.7 Å². The standard InChI is InChI=1S/C25H25N3O/c1-19(22-13-8-14-25(15-22)27-20(2)29)28(17-21-9-4-3-5-10-21)18-24-12-7-6-11-23(24)16-26/h3-15,19H,17-18H2,1-2H3,(H,27,29)/t19-/m1/s1. The van der Waals surface area contributed by atoms with Gasteiger partial charge in [0.15, 0.2) is 0 Å². The first-order valence-electron chi connectivity index (χ1n) is 9.70. The van der Waals surface area contributed by atoms with Crippen molar-refractivity contribution < 1.29 is 4.79 Å². The maximum atomic E-state index is 11.4. The molecule has 0 aliphatic carbocycles. The molecule has 0 saturated heterocycles. The number of hydrogen-bond acceptors (Lipinski definition) is 3. The van der Waals surface area contributed by atoms with Gasteiger partial charge in [-0.3, -0.25) is 9.69 Å². The van der Waals surface area contributed by atoms with E-state index in [-0.39, 0.29) is 11.9 Å². The molecule has 0 heterocycles. The predicted octanol–water partition coefficient (Wildman–Crippen LogP) is 5.28. The summed E-state index contributed by atoms with van der Waals surface area (Å²) in [6.07, 6.45) is 0. The molecule has 146 valence electrons. The van der Waals surface area contributed by atoms with Crippen molar-refractivity contribution in [2.75, 3.05) is 5.32 Å². The molecule has 1 amide bonds. The number of anilines is 1. The van der Waals surface area contributed by atoms with E-state index in [2.05, 4.69) is 41.4 Å². The molecular weight excluding hydrogens is 358 g/mol. The van der Waals surface area contributed by atoms with Crippen LogP contribution in [0.4, 0.5) is 5.69 Å². The molecule has 0 aliphatic heterocycles. The summed E-state index contributed by atoms with van der Waals surface area (Å²) in [6.45, 7) is 5.08. The minimum absolute atomic E-state index is 0.0844. The summed E-state index contributed by atoms with van der Waals surface area (Å²) in [5, 5.41) is 12.3. The SMILES string of the molecule is CC(=O)Nc1cccc([C@@H](C)N(Cc2ccccc2)Cc2ccccc2C#N)c1. The fourth-order valence-electron chi connectivity index (χ4n) is 3.42. The molecule has 3 rings (SSSR count). The summed E-state index contributed by atoms with van der Waals surface area (Å²) in [6, 6.07) is 28.4. The Morgan fingerprint density at radius 1 is 1.00 bits per heavy atom. The maximum absolute atomic E-state index is 11.4. The molecule has 0 saturated carbocycles. The molecule has 0 bridgehead atoms. The minimum atomic E-state index is -0.0844. The summed E-state index contributed by atoms with van der Waals surface area (Å²) in [4.78, 5) is 13.8. The largest absolute Gasteiger partial charge is 0.326 e. The number of benzene rings is 3. The Labute approximate surface area is 172 Å². The van der Waals surface area contributed by atoms with Crippen LogP contribution in [0.3, 0.4) is 0 Å². The maximum Gasteiger partial charge on any atom is 0.221 e. The molecule has 4 nitrogen and oxygen atoms in total. The van der Waals surface area contributed by atoms with Crippen LogP contribution in [0.2, 0.25) is 0 Å². The highest BCUT2D eigenvalue weighted by Gasteiger charge is 2.18. The highest BCUT2D eigenvalue weighted by molar-refractivity contribution is 5.88. The van der Waals surface area contributed by atoms with Crippen LogP contribution in [0.25, 0.3) is 0 Å². The van der Waals surface area contributed by atoms with Gasteiger partial charge < -0.3 is 5.32 Å². The Morgan fingerprint density at radius 3 is 2.45 bits per heavy atom. The number of nitrogens with one attached hydrogen (secondary N) is 1. The first-order chi connectivity index (χ1) is 14.1. The van der Waals surface area contributed by atoms with E-state index in [0.29, 0.717) is 12.1 Å². The van der Waals surface area contributed by atoms with Crippen LogP contribution >= 0.6 is 0 Å². The fraction of sp³-hybridized carbons (Fsp3) is 0.200. The van der Waals surface area contributed by atoms with Crippen molar-refractivity contribution >= 4 is 11.6 Å². The van der Waals surface area contributed by atoms with Gasteiger partial charge in [0.1, 0.15) is 0 Å². The molecule has 29 heavy (non-hydrogen) atoms. The molecule has 0 aliphatic rings. The van der Waals surface area contributed by atoms with E-state index in [1.807, 2.05) is 60.7 Å². The average molecular weight is 383 g/mol. The second-order valence-electron chi connectivity index (χ2n) is 7.14. The normalized spacial score (nSPS) is 11.7. The van der Waals surface area contributed by atoms with E-state index in [1.165, 1.54) is 12.5 Å². The van der Waals surface area contributed by atoms with E-state index in [1.54, 1.807) is 0 Å². The lowest BCUT2D eigenvalue weighted by atomic mass is 10.0. The monoisotopic (exact) mass is 383 g/mol. The van der Waals surface area contributed by atoms with Crippen molar-refractivity contribution in [1.29, 1.82) is 5.26 Å². The molecule has 4 heteroatoms. The molecule has 0 radical (unpaired) electrons. The number of nitriles is 1. The van der Waals surface area contributed by atoms with Gasteiger partial charge in [-0.15, -0.1) is 0 Å². The molecule has 3 aromatic carbocycles. The Balaban J connectivity index is 1.91.